The average molecular weight is 380 g/mol. The van der Waals surface area contributed by atoms with Crippen molar-refractivity contribution in [3.63, 3.8) is 0 Å². The van der Waals surface area contributed by atoms with Crippen molar-refractivity contribution in [3.05, 3.63) is 58.0 Å². The number of nitrogens with zero attached hydrogens (tertiary/aromatic N) is 2. The molecule has 0 fully saturated rings. The Balaban J connectivity index is 1.77. The van der Waals surface area contributed by atoms with Crippen LogP contribution in [0.3, 0.4) is 0 Å². The Morgan fingerprint density at radius 1 is 1.22 bits per heavy atom. The number of methoxy groups -OCH3 is 1. The third kappa shape index (κ3) is 3.81. The Hall–Kier alpha value is -3.24. The molecule has 0 aliphatic heterocycles. The largest absolute Gasteiger partial charge is 0.496 e. The van der Waals surface area contributed by atoms with Gasteiger partial charge in [0.25, 0.3) is 0 Å². The van der Waals surface area contributed by atoms with Crippen molar-refractivity contribution < 1.29 is 19.1 Å². The minimum absolute atomic E-state index is 0.331. The fourth-order valence-electron chi connectivity index (χ4n) is 2.69. The lowest BCUT2D eigenvalue weighted by Gasteiger charge is -2.11. The number of hydrogen-bond acceptors (Lipinski definition) is 7. The Bertz CT molecular complexity index is 1050. The molecule has 1 aromatic heterocycles. The number of ether oxygens (including phenoxy) is 2. The van der Waals surface area contributed by atoms with E-state index in [1.165, 1.54) is 11.3 Å². The van der Waals surface area contributed by atoms with Gasteiger partial charge in [-0.15, -0.1) is 11.3 Å². The van der Waals surface area contributed by atoms with Crippen molar-refractivity contribution >= 4 is 33.9 Å². The van der Waals surface area contributed by atoms with Gasteiger partial charge in [-0.25, -0.2) is 9.78 Å². The molecule has 0 amide bonds. The van der Waals surface area contributed by atoms with E-state index in [0.717, 1.165) is 11.1 Å². The zero-order chi connectivity index (χ0) is 19.4. The maximum absolute atomic E-state index is 12.5. The molecule has 0 aliphatic rings. The van der Waals surface area contributed by atoms with E-state index < -0.39 is 24.3 Å². The van der Waals surface area contributed by atoms with Crippen molar-refractivity contribution in [2.45, 2.75) is 12.8 Å². The molecule has 0 saturated heterocycles. The molecule has 27 heavy (non-hydrogen) atoms. The van der Waals surface area contributed by atoms with E-state index in [1.54, 1.807) is 43.7 Å². The quantitative estimate of drug-likeness (QED) is 0.607. The van der Waals surface area contributed by atoms with Crippen molar-refractivity contribution in [1.82, 2.24) is 4.98 Å². The van der Waals surface area contributed by atoms with Crippen LogP contribution in [-0.2, 0) is 9.53 Å². The Kier molecular flexibility index (Phi) is 5.48. The standard InChI is InChI=1S/C20H16N2O4S/c1-12-11-27-19(22-12)16(9-21)17(23)10-26-20(24)15-7-8-18(25-2)14-6-4-3-5-13(14)15/h3-8,11,16H,10H2,1-2H3/t16-/m0/s1. The molecule has 6 nitrogen and oxygen atoms in total. The highest BCUT2D eigenvalue weighted by Gasteiger charge is 2.25. The van der Waals surface area contributed by atoms with E-state index in [4.69, 9.17) is 9.47 Å². The summed E-state index contributed by atoms with van der Waals surface area (Å²) in [5, 5.41) is 12.9. The van der Waals surface area contributed by atoms with Gasteiger partial charge in [-0.3, -0.25) is 4.79 Å². The first kappa shape index (κ1) is 18.5. The molecular formula is C20H16N2O4S. The van der Waals surface area contributed by atoms with Crippen molar-refractivity contribution in [1.29, 1.82) is 5.26 Å². The van der Waals surface area contributed by atoms with Crippen LogP contribution in [0.15, 0.2) is 41.8 Å². The third-order valence-corrected chi connectivity index (χ3v) is 5.03. The number of carbonyl (C=O) groups excluding carboxylic acids is 2. The van der Waals surface area contributed by atoms with Gasteiger partial charge < -0.3 is 9.47 Å². The van der Waals surface area contributed by atoms with E-state index in [9.17, 15) is 14.9 Å². The molecule has 2 aromatic carbocycles. The molecule has 1 atom stereocenters. The first-order chi connectivity index (χ1) is 13.0. The second kappa shape index (κ2) is 7.98. The first-order valence-electron chi connectivity index (χ1n) is 8.12. The van der Waals surface area contributed by atoms with Crippen LogP contribution in [0, 0.1) is 18.3 Å². The molecule has 3 aromatic rings. The second-order valence-corrected chi connectivity index (χ2v) is 6.68. The summed E-state index contributed by atoms with van der Waals surface area (Å²) in [5.41, 5.74) is 1.07. The first-order valence-corrected chi connectivity index (χ1v) is 9.00. The zero-order valence-electron chi connectivity index (χ0n) is 14.8. The minimum atomic E-state index is -1.04. The SMILES string of the molecule is COc1ccc(C(=O)OCC(=O)[C@H](C#N)c2nc(C)cs2)c2ccccc12. The number of esters is 1. The van der Waals surface area contributed by atoms with E-state index in [2.05, 4.69) is 4.98 Å². The summed E-state index contributed by atoms with van der Waals surface area (Å²) >= 11 is 1.24. The summed E-state index contributed by atoms with van der Waals surface area (Å²) in [4.78, 5) is 29.0. The number of aryl methyl sites for hydroxylation is 1. The average Bonchev–Trinajstić information content (AvgIpc) is 3.11. The second-order valence-electron chi connectivity index (χ2n) is 5.79. The smallest absolute Gasteiger partial charge is 0.339 e. The molecule has 0 radical (unpaired) electrons. The molecule has 136 valence electrons. The number of aromatic nitrogens is 1. The number of thiazole rings is 1. The van der Waals surface area contributed by atoms with E-state index in [-0.39, 0.29) is 0 Å². The van der Waals surface area contributed by atoms with Crippen molar-refractivity contribution in [3.8, 4) is 11.8 Å². The fraction of sp³-hybridized carbons (Fsp3) is 0.200. The lowest BCUT2D eigenvalue weighted by atomic mass is 10.0. The molecule has 0 N–H and O–H groups in total. The zero-order valence-corrected chi connectivity index (χ0v) is 15.6. The van der Waals surface area contributed by atoms with Gasteiger partial charge in [-0.05, 0) is 24.4 Å². The lowest BCUT2D eigenvalue weighted by Crippen LogP contribution is -2.20. The Morgan fingerprint density at radius 3 is 2.59 bits per heavy atom. The summed E-state index contributed by atoms with van der Waals surface area (Å²) in [6.45, 7) is 1.30. The summed E-state index contributed by atoms with van der Waals surface area (Å²) < 4.78 is 10.5. The molecule has 1 heterocycles. The van der Waals surface area contributed by atoms with Crippen LogP contribution in [0.2, 0.25) is 0 Å². The van der Waals surface area contributed by atoms with Gasteiger partial charge in [0.05, 0.1) is 18.7 Å². The van der Waals surface area contributed by atoms with Gasteiger partial charge in [0.2, 0.25) is 0 Å². The van der Waals surface area contributed by atoms with Crippen LogP contribution in [0.4, 0.5) is 0 Å². The highest BCUT2D eigenvalue weighted by molar-refractivity contribution is 7.09. The van der Waals surface area contributed by atoms with Crippen LogP contribution >= 0.6 is 11.3 Å². The molecular weight excluding hydrogens is 364 g/mol. The number of carbonyl (C=O) groups is 2. The fourth-order valence-corrected chi connectivity index (χ4v) is 3.56. The number of benzene rings is 2. The Labute approximate surface area is 160 Å². The molecule has 0 unspecified atom stereocenters. The number of ketones is 1. The molecule has 0 bridgehead atoms. The number of rotatable bonds is 6. The van der Waals surface area contributed by atoms with Crippen LogP contribution in [0.25, 0.3) is 10.8 Å². The molecule has 3 rings (SSSR count). The van der Waals surface area contributed by atoms with Crippen LogP contribution in [0.5, 0.6) is 5.75 Å². The van der Waals surface area contributed by atoms with Gasteiger partial charge in [0.1, 0.15) is 10.8 Å². The van der Waals surface area contributed by atoms with Gasteiger partial charge in [0.15, 0.2) is 18.3 Å². The summed E-state index contributed by atoms with van der Waals surface area (Å²) in [6.07, 6.45) is 0. The Morgan fingerprint density at radius 2 is 1.96 bits per heavy atom. The number of nitriles is 1. The normalized spacial score (nSPS) is 11.6. The molecule has 0 spiro atoms. The van der Waals surface area contributed by atoms with Crippen LogP contribution < -0.4 is 4.74 Å². The number of Topliss-reactive ketones (excluding diaryl/α,β-unsaturated/α-hetero) is 1. The predicted octanol–water partition coefficient (Wildman–Crippen LogP) is 3.65. The van der Waals surface area contributed by atoms with Gasteiger partial charge in [-0.2, -0.15) is 5.26 Å². The lowest BCUT2D eigenvalue weighted by molar-refractivity contribution is -0.122. The number of hydrogen-bond donors (Lipinski definition) is 0. The van der Waals surface area contributed by atoms with Crippen molar-refractivity contribution in [2.24, 2.45) is 0 Å². The van der Waals surface area contributed by atoms with Gasteiger partial charge in [0, 0.05) is 16.5 Å². The summed E-state index contributed by atoms with van der Waals surface area (Å²) in [6, 6.07) is 12.5. The van der Waals surface area contributed by atoms with Gasteiger partial charge >= 0.3 is 5.97 Å². The van der Waals surface area contributed by atoms with E-state index in [0.29, 0.717) is 21.7 Å². The van der Waals surface area contributed by atoms with Gasteiger partial charge in [-0.1, -0.05) is 24.3 Å². The maximum atomic E-state index is 12.5. The summed E-state index contributed by atoms with van der Waals surface area (Å²) in [7, 11) is 1.56. The van der Waals surface area contributed by atoms with Crippen molar-refractivity contribution in [2.75, 3.05) is 13.7 Å². The third-order valence-electron chi connectivity index (χ3n) is 4.00. The number of fused-ring (bicyclic) bond motifs is 1. The summed E-state index contributed by atoms with van der Waals surface area (Å²) in [5.74, 6) is -1.53. The molecule has 0 saturated carbocycles. The predicted molar refractivity (Wildman–Crippen MR) is 101 cm³/mol. The van der Waals surface area contributed by atoms with Crippen LogP contribution in [-0.4, -0.2) is 30.5 Å². The highest BCUT2D eigenvalue weighted by atomic mass is 32.1. The highest BCUT2D eigenvalue weighted by Crippen LogP contribution is 2.29. The maximum Gasteiger partial charge on any atom is 0.339 e. The minimum Gasteiger partial charge on any atom is -0.496 e. The molecule has 0 aliphatic carbocycles. The monoisotopic (exact) mass is 380 g/mol. The van der Waals surface area contributed by atoms with E-state index >= 15 is 0 Å². The molecule has 7 heteroatoms. The topological polar surface area (TPSA) is 89.3 Å². The van der Waals surface area contributed by atoms with E-state index in [1.807, 2.05) is 18.2 Å². The van der Waals surface area contributed by atoms with Crippen LogP contribution in [0.1, 0.15) is 27.0 Å².